The first-order chi connectivity index (χ1) is 21.9. The molecule has 1 N–H and O–H groups in total. The van der Waals surface area contributed by atoms with E-state index in [1.54, 1.807) is 42.3 Å². The van der Waals surface area contributed by atoms with Crippen LogP contribution < -0.4 is 15.2 Å². The van der Waals surface area contributed by atoms with Crippen molar-refractivity contribution < 1.29 is 22.4 Å². The lowest BCUT2D eigenvalue weighted by molar-refractivity contribution is 0.0701. The molecule has 2 amide bonds. The van der Waals surface area contributed by atoms with Gasteiger partial charge in [-0.3, -0.25) is 18.7 Å². The third-order valence-corrected chi connectivity index (χ3v) is 9.94. The fourth-order valence-corrected chi connectivity index (χ4v) is 6.72. The molecule has 238 valence electrons. The normalized spacial score (nSPS) is 15.3. The Morgan fingerprint density at radius 3 is 2.41 bits per heavy atom. The second-order valence-corrected chi connectivity index (χ2v) is 13.8. The van der Waals surface area contributed by atoms with Crippen LogP contribution in [0.1, 0.15) is 50.7 Å². The van der Waals surface area contributed by atoms with Crippen LogP contribution in [-0.2, 0) is 17.1 Å². The number of hydrogen-bond acceptors (Lipinski definition) is 7. The van der Waals surface area contributed by atoms with Gasteiger partial charge in [-0.1, -0.05) is 48.0 Å². The first kappa shape index (κ1) is 31.0. The van der Waals surface area contributed by atoms with Crippen LogP contribution in [0.3, 0.4) is 0 Å². The van der Waals surface area contributed by atoms with Gasteiger partial charge in [0.25, 0.3) is 17.4 Å². The largest absolute Gasteiger partial charge is 0.455 e. The number of carbonyl (C=O) groups is 2. The van der Waals surface area contributed by atoms with Crippen molar-refractivity contribution >= 4 is 49.3 Å². The van der Waals surface area contributed by atoms with Crippen LogP contribution in [0.25, 0.3) is 33.1 Å². The van der Waals surface area contributed by atoms with Gasteiger partial charge < -0.3 is 14.6 Å². The number of benzene rings is 3. The molecule has 1 fully saturated rings. The van der Waals surface area contributed by atoms with Crippen molar-refractivity contribution in [2.24, 2.45) is 7.05 Å². The molecule has 6 rings (SSSR count). The number of likely N-dealkylation sites (tertiary alicyclic amines) is 1. The van der Waals surface area contributed by atoms with Gasteiger partial charge in [0.05, 0.1) is 22.9 Å². The van der Waals surface area contributed by atoms with Gasteiger partial charge in [0.1, 0.15) is 11.3 Å². The van der Waals surface area contributed by atoms with Gasteiger partial charge in [0.2, 0.25) is 10.0 Å². The number of aryl methyl sites for hydroxylation is 2. The number of sulfonamides is 1. The molecule has 2 aromatic heterocycles. The monoisotopic (exact) mass is 641 g/mol. The van der Waals surface area contributed by atoms with Crippen molar-refractivity contribution in [3.63, 3.8) is 0 Å². The topological polar surface area (TPSA) is 135 Å². The van der Waals surface area contributed by atoms with Crippen LogP contribution in [0, 0.1) is 6.92 Å². The van der Waals surface area contributed by atoms with Crippen LogP contribution in [0.4, 0.5) is 5.69 Å². The number of furan rings is 1. The van der Waals surface area contributed by atoms with E-state index in [0.29, 0.717) is 69.3 Å². The van der Waals surface area contributed by atoms with Crippen molar-refractivity contribution in [1.29, 1.82) is 0 Å². The Balaban J connectivity index is 1.49. The molecule has 1 atom stereocenters. The van der Waals surface area contributed by atoms with E-state index in [4.69, 9.17) is 4.42 Å². The zero-order valence-corrected chi connectivity index (χ0v) is 27.1. The Morgan fingerprint density at radius 2 is 1.74 bits per heavy atom. The second-order valence-electron chi connectivity index (χ2n) is 11.8. The summed E-state index contributed by atoms with van der Waals surface area (Å²) in [4.78, 5) is 41.7. The van der Waals surface area contributed by atoms with Gasteiger partial charge >= 0.3 is 0 Å². The molecule has 0 radical (unpaired) electrons. The molecule has 0 bridgehead atoms. The molecule has 0 aliphatic carbocycles. The fourth-order valence-electron chi connectivity index (χ4n) is 6.21. The molecule has 0 spiro atoms. The van der Waals surface area contributed by atoms with Crippen molar-refractivity contribution in [3.05, 3.63) is 93.4 Å². The minimum Gasteiger partial charge on any atom is -0.455 e. The smallest absolute Gasteiger partial charge is 0.274 e. The highest BCUT2D eigenvalue weighted by atomic mass is 32.2. The molecule has 1 aliphatic rings. The van der Waals surface area contributed by atoms with E-state index in [2.05, 4.69) is 10.4 Å². The number of rotatable bonds is 6. The van der Waals surface area contributed by atoms with Crippen LogP contribution in [0.2, 0.25) is 0 Å². The molecule has 0 saturated carbocycles. The highest BCUT2D eigenvalue weighted by Crippen LogP contribution is 2.42. The maximum absolute atomic E-state index is 14.0. The van der Waals surface area contributed by atoms with Crippen molar-refractivity contribution in [3.8, 4) is 11.3 Å². The van der Waals surface area contributed by atoms with Crippen LogP contribution in [0.15, 0.2) is 69.9 Å². The van der Waals surface area contributed by atoms with E-state index in [-0.39, 0.29) is 35.5 Å². The first-order valence-corrected chi connectivity index (χ1v) is 16.8. The third-order valence-electron chi connectivity index (χ3n) is 8.75. The van der Waals surface area contributed by atoms with Crippen molar-refractivity contribution in [2.45, 2.75) is 25.7 Å². The Bertz CT molecular complexity index is 2190. The lowest BCUT2D eigenvalue weighted by atomic mass is 9.87. The molecule has 11 nitrogen and oxygen atoms in total. The number of nitrogens with zero attached hydrogens (tertiary/aromatic N) is 4. The van der Waals surface area contributed by atoms with Gasteiger partial charge in [0, 0.05) is 62.6 Å². The average molecular weight is 642 g/mol. The Morgan fingerprint density at radius 1 is 1.04 bits per heavy atom. The number of nitrogens with one attached hydrogen (secondary N) is 1. The molecule has 0 unspecified atom stereocenters. The maximum Gasteiger partial charge on any atom is 0.274 e. The zero-order valence-electron chi connectivity index (χ0n) is 26.3. The summed E-state index contributed by atoms with van der Waals surface area (Å²) in [5.74, 6) is -0.535. The number of carbonyl (C=O) groups excluding carboxylic acids is 2. The lowest BCUT2D eigenvalue weighted by Crippen LogP contribution is -2.41. The van der Waals surface area contributed by atoms with E-state index in [1.807, 2.05) is 37.3 Å². The summed E-state index contributed by atoms with van der Waals surface area (Å²) in [6.07, 6.45) is 2.46. The summed E-state index contributed by atoms with van der Waals surface area (Å²) in [7, 11) is 0.869. The van der Waals surface area contributed by atoms with Crippen LogP contribution >= 0.6 is 0 Å². The number of piperidine rings is 1. The number of anilines is 1. The third kappa shape index (κ3) is 5.42. The molecule has 1 saturated heterocycles. The summed E-state index contributed by atoms with van der Waals surface area (Å²) in [6, 6.07) is 18.0. The van der Waals surface area contributed by atoms with Gasteiger partial charge in [0.15, 0.2) is 5.69 Å². The summed E-state index contributed by atoms with van der Waals surface area (Å²) < 4.78 is 34.4. The second kappa shape index (κ2) is 11.8. The minimum atomic E-state index is -3.68. The fraction of sp³-hybridized carbons (Fsp3) is 0.294. The summed E-state index contributed by atoms with van der Waals surface area (Å²) in [5, 5.41) is 8.49. The standard InChI is InChI=1S/C34H35N5O6S/c1-20-12-14-21(15-13-20)31-29(32(40)35-2)26-17-25(27(18-28(26)45-31)38(4)46(5,43)44)22-9-8-16-39(19-22)34(42)30-23-10-6-7-11-24(23)33(41)37(3)36-30/h6-7,10-15,17-18,22H,8-9,16,19H2,1-5H3,(H,35,40)/t22-/m0/s1. The zero-order chi connectivity index (χ0) is 32.9. The molecular formula is C34H35N5O6S. The highest BCUT2D eigenvalue weighted by molar-refractivity contribution is 7.92. The van der Waals surface area contributed by atoms with Gasteiger partial charge in [-0.15, -0.1) is 0 Å². The van der Waals surface area contributed by atoms with E-state index in [0.717, 1.165) is 11.8 Å². The summed E-state index contributed by atoms with van der Waals surface area (Å²) in [5.41, 5.74) is 3.47. The quantitative estimate of drug-likeness (QED) is 0.290. The molecular weight excluding hydrogens is 606 g/mol. The molecule has 46 heavy (non-hydrogen) atoms. The van der Waals surface area contributed by atoms with Gasteiger partial charge in [-0.25, -0.2) is 13.1 Å². The van der Waals surface area contributed by atoms with E-state index >= 15 is 0 Å². The molecule has 1 aliphatic heterocycles. The van der Waals surface area contributed by atoms with E-state index < -0.39 is 10.0 Å². The van der Waals surface area contributed by atoms with Gasteiger partial charge in [-0.05, 0) is 37.5 Å². The van der Waals surface area contributed by atoms with Gasteiger partial charge in [-0.2, -0.15) is 5.10 Å². The van der Waals surface area contributed by atoms with Crippen molar-refractivity contribution in [2.75, 3.05) is 37.7 Å². The van der Waals surface area contributed by atoms with Crippen LogP contribution in [0.5, 0.6) is 0 Å². The van der Waals surface area contributed by atoms with Crippen LogP contribution in [-0.4, -0.2) is 68.4 Å². The van der Waals surface area contributed by atoms with E-state index in [9.17, 15) is 22.8 Å². The molecule has 12 heteroatoms. The van der Waals surface area contributed by atoms with E-state index in [1.165, 1.54) is 23.1 Å². The molecule has 3 aromatic carbocycles. The number of fused-ring (bicyclic) bond motifs is 2. The lowest BCUT2D eigenvalue weighted by Gasteiger charge is -2.35. The Labute approximate surface area is 266 Å². The molecule has 3 heterocycles. The number of aromatic nitrogens is 2. The average Bonchev–Trinajstić information content (AvgIpc) is 3.43. The first-order valence-electron chi connectivity index (χ1n) is 15.0. The van der Waals surface area contributed by atoms with Crippen molar-refractivity contribution in [1.82, 2.24) is 20.0 Å². The summed E-state index contributed by atoms with van der Waals surface area (Å²) >= 11 is 0. The maximum atomic E-state index is 14.0. The predicted octanol–water partition coefficient (Wildman–Crippen LogP) is 4.43. The minimum absolute atomic E-state index is 0.182. The molecule has 5 aromatic rings. The number of amides is 2. The SMILES string of the molecule is CNC(=O)c1c(-c2ccc(C)cc2)oc2cc(N(C)S(C)(=O)=O)c([C@H]3CCCN(C(=O)c4nn(C)c(=O)c5ccccc45)C3)cc12. The Kier molecular flexibility index (Phi) is 7.93. The number of hydrogen-bond donors (Lipinski definition) is 1. The predicted molar refractivity (Wildman–Crippen MR) is 178 cm³/mol. The highest BCUT2D eigenvalue weighted by Gasteiger charge is 2.32. The Hall–Kier alpha value is -4.97. The summed E-state index contributed by atoms with van der Waals surface area (Å²) in [6.45, 7) is 2.73.